The van der Waals surface area contributed by atoms with Crippen LogP contribution in [0.25, 0.3) is 0 Å². The number of H-pyrrole nitrogens is 1. The van der Waals surface area contributed by atoms with Crippen LogP contribution in [0.2, 0.25) is 5.02 Å². The summed E-state index contributed by atoms with van der Waals surface area (Å²) in [6.45, 7) is 0.605. The fraction of sp³-hybridized carbons (Fsp3) is 0.320. The summed E-state index contributed by atoms with van der Waals surface area (Å²) >= 11 is 5.87. The zero-order valence-electron chi connectivity index (χ0n) is 18.4. The molecule has 180 valence electrons. The molecule has 3 aromatic rings. The average molecular weight is 495 g/mol. The molecule has 0 saturated carbocycles. The minimum Gasteiger partial charge on any atom is -0.440 e. The average Bonchev–Trinajstić information content (AvgIpc) is 3.15. The highest BCUT2D eigenvalue weighted by atomic mass is 35.5. The predicted molar refractivity (Wildman–Crippen MR) is 121 cm³/mol. The van der Waals surface area contributed by atoms with Crippen LogP contribution in [0.5, 0.6) is 11.6 Å². The van der Waals surface area contributed by atoms with E-state index < -0.39 is 24.8 Å². The van der Waals surface area contributed by atoms with Crippen molar-refractivity contribution in [1.82, 2.24) is 10.3 Å². The third-order valence-corrected chi connectivity index (χ3v) is 6.11. The van der Waals surface area contributed by atoms with Gasteiger partial charge in [-0.15, -0.1) is 0 Å². The Morgan fingerprint density at radius 3 is 2.68 bits per heavy atom. The number of ether oxygens (including phenoxy) is 1. The van der Waals surface area contributed by atoms with Gasteiger partial charge in [0.25, 0.3) is 18.3 Å². The van der Waals surface area contributed by atoms with Crippen molar-refractivity contribution < 1.29 is 27.1 Å². The number of carbonyl (C=O) groups is 1. The molecule has 2 aromatic carbocycles. The van der Waals surface area contributed by atoms with Crippen molar-refractivity contribution in [3.05, 3.63) is 81.0 Å². The number of carbonyl (C=O) groups excluding carboxylic acids is 1. The molecule has 34 heavy (non-hydrogen) atoms. The van der Waals surface area contributed by atoms with Crippen molar-refractivity contribution in [2.75, 3.05) is 6.54 Å². The molecule has 0 spiro atoms. The molecule has 1 aliphatic carbocycles. The van der Waals surface area contributed by atoms with Gasteiger partial charge in [-0.25, -0.2) is 8.78 Å². The Morgan fingerprint density at radius 2 is 1.94 bits per heavy atom. The summed E-state index contributed by atoms with van der Waals surface area (Å²) < 4.78 is 61.7. The Labute approximate surface area is 199 Å². The van der Waals surface area contributed by atoms with E-state index in [1.165, 1.54) is 49.4 Å². The molecule has 0 saturated heterocycles. The van der Waals surface area contributed by atoms with E-state index in [1.807, 2.05) is 0 Å². The zero-order valence-corrected chi connectivity index (χ0v) is 19.1. The summed E-state index contributed by atoms with van der Waals surface area (Å²) in [7, 11) is 0. The summed E-state index contributed by atoms with van der Waals surface area (Å²) in [5.41, 5.74) is 1.48. The molecule has 0 radical (unpaired) electrons. The van der Waals surface area contributed by atoms with E-state index in [2.05, 4.69) is 10.3 Å². The van der Waals surface area contributed by atoms with Gasteiger partial charge in [-0.3, -0.25) is 4.79 Å². The van der Waals surface area contributed by atoms with Gasteiger partial charge in [0, 0.05) is 21.8 Å². The SMILES string of the molecule is Cc1cc(Cl)ccc1C(F)(F)CNC(=O)c1c(Oc2cccc(C(F)F)c2)[nH]c2c1CCCC2. The number of aromatic amines is 1. The van der Waals surface area contributed by atoms with Crippen LogP contribution in [0, 0.1) is 6.92 Å². The molecule has 1 heterocycles. The van der Waals surface area contributed by atoms with Gasteiger partial charge < -0.3 is 15.0 Å². The van der Waals surface area contributed by atoms with Gasteiger partial charge in [0.2, 0.25) is 5.88 Å². The molecule has 0 atom stereocenters. The minimum atomic E-state index is -3.33. The molecule has 4 rings (SSSR count). The Balaban J connectivity index is 1.59. The molecule has 0 bridgehead atoms. The van der Waals surface area contributed by atoms with Crippen LogP contribution in [0.3, 0.4) is 0 Å². The van der Waals surface area contributed by atoms with Crippen LogP contribution in [0.4, 0.5) is 17.6 Å². The van der Waals surface area contributed by atoms with E-state index in [0.717, 1.165) is 18.5 Å². The Hall–Kier alpha value is -3.00. The zero-order chi connectivity index (χ0) is 24.5. The maximum atomic E-state index is 14.9. The first kappa shape index (κ1) is 24.1. The fourth-order valence-corrected chi connectivity index (χ4v) is 4.44. The van der Waals surface area contributed by atoms with Gasteiger partial charge in [0.05, 0.1) is 6.54 Å². The first-order valence-corrected chi connectivity index (χ1v) is 11.3. The molecule has 0 fully saturated rings. The molecular formula is C25H23ClF4N2O2. The third-order valence-electron chi connectivity index (χ3n) is 5.87. The molecule has 9 heteroatoms. The molecular weight excluding hydrogens is 472 g/mol. The van der Waals surface area contributed by atoms with Gasteiger partial charge in [-0.05, 0) is 68.0 Å². The molecule has 1 amide bonds. The van der Waals surface area contributed by atoms with Gasteiger partial charge in [-0.1, -0.05) is 29.8 Å². The fourth-order valence-electron chi connectivity index (χ4n) is 4.22. The van der Waals surface area contributed by atoms with E-state index in [1.54, 1.807) is 0 Å². The summed E-state index contributed by atoms with van der Waals surface area (Å²) in [5.74, 6) is -3.87. The molecule has 1 aromatic heterocycles. The van der Waals surface area contributed by atoms with E-state index in [0.29, 0.717) is 29.0 Å². The smallest absolute Gasteiger partial charge is 0.290 e. The topological polar surface area (TPSA) is 54.1 Å². The van der Waals surface area contributed by atoms with Gasteiger partial charge >= 0.3 is 0 Å². The number of alkyl halides is 4. The first-order chi connectivity index (χ1) is 16.2. The van der Waals surface area contributed by atoms with E-state index >= 15 is 0 Å². The Kier molecular flexibility index (Phi) is 6.89. The summed E-state index contributed by atoms with van der Waals surface area (Å²) in [5, 5.41) is 2.67. The molecule has 0 unspecified atom stereocenters. The second-order valence-corrected chi connectivity index (χ2v) is 8.75. The molecule has 2 N–H and O–H groups in total. The van der Waals surface area contributed by atoms with Crippen LogP contribution in [0.15, 0.2) is 42.5 Å². The van der Waals surface area contributed by atoms with Crippen molar-refractivity contribution in [2.45, 2.75) is 45.0 Å². The highest BCUT2D eigenvalue weighted by Gasteiger charge is 2.35. The standard InChI is InChI=1S/C25H23ClF4N2O2/c1-14-11-16(26)9-10-19(14)25(29,30)13-31-23(33)21-18-7-2-3-8-20(18)32-24(21)34-17-6-4-5-15(12-17)22(27)28/h4-6,9-12,22,32H,2-3,7-8,13H2,1H3,(H,31,33). The number of hydrogen-bond acceptors (Lipinski definition) is 2. The molecule has 4 nitrogen and oxygen atoms in total. The second-order valence-electron chi connectivity index (χ2n) is 8.31. The highest BCUT2D eigenvalue weighted by molar-refractivity contribution is 6.30. The van der Waals surface area contributed by atoms with E-state index in [9.17, 15) is 22.4 Å². The van der Waals surface area contributed by atoms with Gasteiger partial charge in [0.15, 0.2) is 0 Å². The summed E-state index contributed by atoms with van der Waals surface area (Å²) in [6.07, 6.45) is 0.327. The maximum Gasteiger partial charge on any atom is 0.290 e. The Bertz CT molecular complexity index is 1210. The van der Waals surface area contributed by atoms with E-state index in [4.69, 9.17) is 16.3 Å². The normalized spacial score (nSPS) is 13.6. The number of aromatic nitrogens is 1. The lowest BCUT2D eigenvalue weighted by molar-refractivity contribution is -0.00309. The quantitative estimate of drug-likeness (QED) is 0.344. The van der Waals surface area contributed by atoms with Crippen LogP contribution >= 0.6 is 11.6 Å². The van der Waals surface area contributed by atoms with Crippen molar-refractivity contribution in [3.63, 3.8) is 0 Å². The lowest BCUT2D eigenvalue weighted by atomic mass is 9.94. The van der Waals surface area contributed by atoms with Gasteiger partial charge in [0.1, 0.15) is 11.3 Å². The largest absolute Gasteiger partial charge is 0.440 e. The number of hydrogen-bond donors (Lipinski definition) is 2. The highest BCUT2D eigenvalue weighted by Crippen LogP contribution is 2.36. The first-order valence-electron chi connectivity index (χ1n) is 10.9. The molecule has 1 aliphatic rings. The van der Waals surface area contributed by atoms with Crippen LogP contribution < -0.4 is 10.1 Å². The number of amides is 1. The number of nitrogens with one attached hydrogen (secondary N) is 2. The predicted octanol–water partition coefficient (Wildman–Crippen LogP) is 7.11. The van der Waals surface area contributed by atoms with Gasteiger partial charge in [-0.2, -0.15) is 8.78 Å². The number of rotatable bonds is 7. The van der Waals surface area contributed by atoms with Crippen molar-refractivity contribution >= 4 is 17.5 Å². The lowest BCUT2D eigenvalue weighted by Gasteiger charge is -2.20. The summed E-state index contributed by atoms with van der Waals surface area (Å²) in [4.78, 5) is 16.1. The third kappa shape index (κ3) is 5.06. The van der Waals surface area contributed by atoms with E-state index in [-0.39, 0.29) is 28.3 Å². The summed E-state index contributed by atoms with van der Waals surface area (Å²) in [6, 6.07) is 9.43. The van der Waals surface area contributed by atoms with Crippen LogP contribution in [-0.2, 0) is 18.8 Å². The monoisotopic (exact) mass is 494 g/mol. The molecule has 0 aliphatic heterocycles. The second kappa shape index (κ2) is 9.70. The number of benzene rings is 2. The minimum absolute atomic E-state index is 0.0572. The number of halogens is 5. The number of fused-ring (bicyclic) bond motifs is 1. The van der Waals surface area contributed by atoms with Crippen molar-refractivity contribution in [1.29, 1.82) is 0 Å². The maximum absolute atomic E-state index is 14.9. The Morgan fingerprint density at radius 1 is 1.18 bits per heavy atom. The van der Waals surface area contributed by atoms with Crippen molar-refractivity contribution in [3.8, 4) is 11.6 Å². The van der Waals surface area contributed by atoms with Crippen molar-refractivity contribution in [2.24, 2.45) is 0 Å². The lowest BCUT2D eigenvalue weighted by Crippen LogP contribution is -2.35. The van der Waals surface area contributed by atoms with Crippen LogP contribution in [-0.4, -0.2) is 17.4 Å². The number of aryl methyl sites for hydroxylation is 2. The van der Waals surface area contributed by atoms with Crippen LogP contribution in [0.1, 0.15) is 57.6 Å².